The quantitative estimate of drug-likeness (QED) is 0.889. The van der Waals surface area contributed by atoms with Crippen LogP contribution in [0.25, 0.3) is 0 Å². The van der Waals surface area contributed by atoms with Crippen molar-refractivity contribution in [2.24, 2.45) is 0 Å². The third-order valence-electron chi connectivity index (χ3n) is 4.53. The zero-order valence-electron chi connectivity index (χ0n) is 13.3. The van der Waals surface area contributed by atoms with Crippen molar-refractivity contribution in [3.8, 4) is 0 Å². The highest BCUT2D eigenvalue weighted by Crippen LogP contribution is 2.27. The number of carbonyl (C=O) groups excluding carboxylic acids is 2. The number of nitrogens with zero attached hydrogens (tertiary/aromatic N) is 1. The first-order valence-electron chi connectivity index (χ1n) is 8.21. The molecule has 0 spiro atoms. The SMILES string of the molecule is O=C(NC1CCN(C(=O)c2c(Cl)cccc2Cl)CC1)C1CCCO1. The molecule has 0 radical (unpaired) electrons. The van der Waals surface area contributed by atoms with Crippen LogP contribution in [0.3, 0.4) is 0 Å². The second-order valence-electron chi connectivity index (χ2n) is 6.17. The molecule has 0 aromatic heterocycles. The van der Waals surface area contributed by atoms with Crippen LogP contribution in [-0.4, -0.2) is 48.6 Å². The molecule has 7 heteroatoms. The summed E-state index contributed by atoms with van der Waals surface area (Å²) in [6.07, 6.45) is 2.84. The number of ether oxygens (including phenoxy) is 1. The van der Waals surface area contributed by atoms with Gasteiger partial charge in [0.15, 0.2) is 0 Å². The van der Waals surface area contributed by atoms with Gasteiger partial charge in [0, 0.05) is 25.7 Å². The molecule has 2 fully saturated rings. The van der Waals surface area contributed by atoms with Crippen molar-refractivity contribution in [1.29, 1.82) is 0 Å². The third kappa shape index (κ3) is 3.85. The van der Waals surface area contributed by atoms with Crippen molar-refractivity contribution in [3.05, 3.63) is 33.8 Å². The molecule has 1 aromatic carbocycles. The van der Waals surface area contributed by atoms with Gasteiger partial charge in [0.05, 0.1) is 15.6 Å². The molecule has 3 rings (SSSR count). The van der Waals surface area contributed by atoms with Crippen molar-refractivity contribution in [3.63, 3.8) is 0 Å². The van der Waals surface area contributed by atoms with Crippen LogP contribution in [0.5, 0.6) is 0 Å². The van der Waals surface area contributed by atoms with Crippen LogP contribution in [0.15, 0.2) is 18.2 Å². The molecule has 0 bridgehead atoms. The van der Waals surface area contributed by atoms with Gasteiger partial charge in [0.1, 0.15) is 6.10 Å². The fraction of sp³-hybridized carbons (Fsp3) is 0.529. The number of amides is 2. The summed E-state index contributed by atoms with van der Waals surface area (Å²) < 4.78 is 5.39. The van der Waals surface area contributed by atoms with Crippen LogP contribution in [0.4, 0.5) is 0 Å². The lowest BCUT2D eigenvalue weighted by Gasteiger charge is -2.33. The molecule has 2 heterocycles. The zero-order chi connectivity index (χ0) is 17.1. The van der Waals surface area contributed by atoms with E-state index in [1.165, 1.54) is 0 Å². The van der Waals surface area contributed by atoms with E-state index in [0.717, 1.165) is 12.8 Å². The summed E-state index contributed by atoms with van der Waals surface area (Å²) in [5, 5.41) is 3.75. The summed E-state index contributed by atoms with van der Waals surface area (Å²) in [5.41, 5.74) is 0.350. The summed E-state index contributed by atoms with van der Waals surface area (Å²) in [6.45, 7) is 1.79. The maximum Gasteiger partial charge on any atom is 0.256 e. The van der Waals surface area contributed by atoms with Crippen LogP contribution in [-0.2, 0) is 9.53 Å². The van der Waals surface area contributed by atoms with Gasteiger partial charge in [-0.25, -0.2) is 0 Å². The van der Waals surface area contributed by atoms with Gasteiger partial charge >= 0.3 is 0 Å². The van der Waals surface area contributed by atoms with Crippen molar-refractivity contribution in [1.82, 2.24) is 10.2 Å². The van der Waals surface area contributed by atoms with Gasteiger partial charge in [-0.1, -0.05) is 29.3 Å². The lowest BCUT2D eigenvalue weighted by Crippen LogP contribution is -2.48. The first-order chi connectivity index (χ1) is 11.6. The molecule has 1 N–H and O–H groups in total. The van der Waals surface area contributed by atoms with E-state index in [1.807, 2.05) is 0 Å². The number of halogens is 2. The first kappa shape index (κ1) is 17.5. The van der Waals surface area contributed by atoms with Crippen LogP contribution in [0.1, 0.15) is 36.0 Å². The van der Waals surface area contributed by atoms with Crippen LogP contribution >= 0.6 is 23.2 Å². The van der Waals surface area contributed by atoms with Crippen molar-refractivity contribution >= 4 is 35.0 Å². The highest BCUT2D eigenvalue weighted by Gasteiger charge is 2.29. The number of likely N-dealkylation sites (tertiary alicyclic amines) is 1. The molecule has 130 valence electrons. The predicted octanol–water partition coefficient (Wildman–Crippen LogP) is 2.89. The Morgan fingerprint density at radius 2 is 1.79 bits per heavy atom. The average Bonchev–Trinajstić information content (AvgIpc) is 3.10. The largest absolute Gasteiger partial charge is 0.368 e. The Labute approximate surface area is 151 Å². The Balaban J connectivity index is 1.55. The smallest absolute Gasteiger partial charge is 0.256 e. The summed E-state index contributed by atoms with van der Waals surface area (Å²) in [7, 11) is 0. The van der Waals surface area contributed by atoms with Gasteiger partial charge in [-0.05, 0) is 37.8 Å². The van der Waals surface area contributed by atoms with E-state index in [0.29, 0.717) is 48.1 Å². The molecular formula is C17H20Cl2N2O3. The van der Waals surface area contributed by atoms with Crippen LogP contribution in [0, 0.1) is 0 Å². The predicted molar refractivity (Wildman–Crippen MR) is 92.5 cm³/mol. The van der Waals surface area contributed by atoms with E-state index >= 15 is 0 Å². The second kappa shape index (κ2) is 7.72. The lowest BCUT2D eigenvalue weighted by molar-refractivity contribution is -0.131. The third-order valence-corrected chi connectivity index (χ3v) is 5.16. The van der Waals surface area contributed by atoms with Gasteiger partial charge in [-0.15, -0.1) is 0 Å². The van der Waals surface area contributed by atoms with E-state index in [4.69, 9.17) is 27.9 Å². The van der Waals surface area contributed by atoms with E-state index < -0.39 is 0 Å². The minimum atomic E-state index is -0.313. The molecule has 2 amide bonds. The molecule has 2 aliphatic rings. The molecule has 1 unspecified atom stereocenters. The summed E-state index contributed by atoms with van der Waals surface area (Å²) >= 11 is 12.2. The minimum Gasteiger partial charge on any atom is -0.368 e. The molecular weight excluding hydrogens is 351 g/mol. The minimum absolute atomic E-state index is 0.0357. The van der Waals surface area contributed by atoms with Gasteiger partial charge in [0.25, 0.3) is 5.91 Å². The lowest BCUT2D eigenvalue weighted by atomic mass is 10.0. The number of nitrogens with one attached hydrogen (secondary N) is 1. The summed E-state index contributed by atoms with van der Waals surface area (Å²) in [6, 6.07) is 5.12. The number of carbonyl (C=O) groups is 2. The topological polar surface area (TPSA) is 58.6 Å². The molecule has 24 heavy (non-hydrogen) atoms. The summed E-state index contributed by atoms with van der Waals surface area (Å²) in [5.74, 6) is -0.194. The molecule has 2 aliphatic heterocycles. The molecule has 0 aliphatic carbocycles. The average molecular weight is 371 g/mol. The standard InChI is InChI=1S/C17H20Cl2N2O3/c18-12-3-1-4-13(19)15(12)17(23)21-8-6-11(7-9-21)20-16(22)14-5-2-10-24-14/h1,3-4,11,14H,2,5-10H2,(H,20,22). The molecule has 0 saturated carbocycles. The highest BCUT2D eigenvalue weighted by molar-refractivity contribution is 6.39. The van der Waals surface area contributed by atoms with E-state index in [-0.39, 0.29) is 24.0 Å². The molecule has 2 saturated heterocycles. The monoisotopic (exact) mass is 370 g/mol. The van der Waals surface area contributed by atoms with Gasteiger partial charge in [0.2, 0.25) is 5.91 Å². The van der Waals surface area contributed by atoms with Crippen LogP contribution < -0.4 is 5.32 Å². The summed E-state index contributed by atoms with van der Waals surface area (Å²) in [4.78, 5) is 26.5. The number of hydrogen-bond donors (Lipinski definition) is 1. The highest BCUT2D eigenvalue weighted by atomic mass is 35.5. The maximum absolute atomic E-state index is 12.6. The van der Waals surface area contributed by atoms with E-state index in [2.05, 4.69) is 5.32 Å². The molecule has 1 atom stereocenters. The van der Waals surface area contributed by atoms with Gasteiger partial charge in [-0.2, -0.15) is 0 Å². The van der Waals surface area contributed by atoms with E-state index in [9.17, 15) is 9.59 Å². The Morgan fingerprint density at radius 1 is 1.12 bits per heavy atom. The number of rotatable bonds is 3. The Bertz CT molecular complexity index is 604. The fourth-order valence-electron chi connectivity index (χ4n) is 3.17. The van der Waals surface area contributed by atoms with Crippen molar-refractivity contribution in [2.45, 2.75) is 37.8 Å². The number of benzene rings is 1. The van der Waals surface area contributed by atoms with Gasteiger partial charge < -0.3 is 15.0 Å². The van der Waals surface area contributed by atoms with Gasteiger partial charge in [-0.3, -0.25) is 9.59 Å². The van der Waals surface area contributed by atoms with Crippen molar-refractivity contribution < 1.29 is 14.3 Å². The number of piperidine rings is 1. The molecule has 1 aromatic rings. The van der Waals surface area contributed by atoms with E-state index in [1.54, 1.807) is 23.1 Å². The fourth-order valence-corrected chi connectivity index (χ4v) is 3.72. The Kier molecular flexibility index (Phi) is 5.64. The van der Waals surface area contributed by atoms with Crippen LogP contribution in [0.2, 0.25) is 10.0 Å². The zero-order valence-corrected chi connectivity index (χ0v) is 14.8. The molecule has 5 nitrogen and oxygen atoms in total. The Hall–Kier alpha value is -1.30. The second-order valence-corrected chi connectivity index (χ2v) is 6.99. The van der Waals surface area contributed by atoms with Crippen molar-refractivity contribution in [2.75, 3.05) is 19.7 Å². The maximum atomic E-state index is 12.6. The number of hydrogen-bond acceptors (Lipinski definition) is 3. The normalized spacial score (nSPS) is 21.8. The first-order valence-corrected chi connectivity index (χ1v) is 8.97. The Morgan fingerprint density at radius 3 is 2.38 bits per heavy atom.